The molecule has 1 heterocycles. The predicted octanol–water partition coefficient (Wildman–Crippen LogP) is 3.24. The fourth-order valence-corrected chi connectivity index (χ4v) is 1.25. The summed E-state index contributed by atoms with van der Waals surface area (Å²) in [6.07, 6.45) is 6.65. The molecule has 70 valence electrons. The van der Waals surface area contributed by atoms with Crippen LogP contribution in [0.3, 0.4) is 0 Å². The van der Waals surface area contributed by atoms with Gasteiger partial charge in [-0.1, -0.05) is 31.2 Å². The molecule has 0 amide bonds. The molecule has 0 radical (unpaired) electrons. The highest BCUT2D eigenvalue weighted by atomic mass is 35.5. The van der Waals surface area contributed by atoms with Crippen LogP contribution in [0.5, 0.6) is 0 Å². The fraction of sp³-hybridized carbons (Fsp3) is 0.300. The maximum absolute atomic E-state index is 5.77. The van der Waals surface area contributed by atoms with E-state index in [0.717, 1.165) is 17.8 Å². The first-order chi connectivity index (χ1) is 6.15. The molecule has 0 saturated carbocycles. The Balaban J connectivity index is 2.86. The van der Waals surface area contributed by atoms with Crippen LogP contribution in [-0.2, 0) is 0 Å². The summed E-state index contributed by atoms with van der Waals surface area (Å²) in [6, 6.07) is 0. The Morgan fingerprint density at radius 2 is 2.38 bits per heavy atom. The van der Waals surface area contributed by atoms with E-state index in [4.69, 9.17) is 11.6 Å². The van der Waals surface area contributed by atoms with Gasteiger partial charge in [-0.25, -0.2) is 5.01 Å². The topological polar surface area (TPSA) is 15.6 Å². The normalized spacial score (nSPS) is 17.8. The van der Waals surface area contributed by atoms with Crippen LogP contribution in [0.15, 0.2) is 41.3 Å². The lowest BCUT2D eigenvalue weighted by Gasteiger charge is -2.22. The largest absolute Gasteiger partial charge is 0.238 e. The molecule has 0 atom stereocenters. The predicted molar refractivity (Wildman–Crippen MR) is 57.5 cm³/mol. The van der Waals surface area contributed by atoms with Gasteiger partial charge < -0.3 is 0 Å². The van der Waals surface area contributed by atoms with Crippen molar-refractivity contribution in [2.24, 2.45) is 5.10 Å². The molecule has 3 heteroatoms. The van der Waals surface area contributed by atoms with Gasteiger partial charge >= 0.3 is 0 Å². The summed E-state index contributed by atoms with van der Waals surface area (Å²) in [6.45, 7) is 7.93. The zero-order chi connectivity index (χ0) is 9.84. The van der Waals surface area contributed by atoms with Crippen LogP contribution < -0.4 is 0 Å². The van der Waals surface area contributed by atoms with Gasteiger partial charge in [0.15, 0.2) is 0 Å². The lowest BCUT2D eigenvalue weighted by molar-refractivity contribution is 0.468. The van der Waals surface area contributed by atoms with Gasteiger partial charge in [-0.2, -0.15) is 5.10 Å². The molecule has 1 rings (SSSR count). The molecule has 0 aromatic carbocycles. The van der Waals surface area contributed by atoms with Crippen LogP contribution in [-0.4, -0.2) is 10.2 Å². The van der Waals surface area contributed by atoms with E-state index in [1.165, 1.54) is 0 Å². The zero-order valence-electron chi connectivity index (χ0n) is 7.92. The summed E-state index contributed by atoms with van der Waals surface area (Å²) in [5.41, 5.74) is 1.89. The Kier molecular flexibility index (Phi) is 3.32. The van der Waals surface area contributed by atoms with Crippen molar-refractivity contribution < 1.29 is 0 Å². The Hall–Kier alpha value is -1.02. The van der Waals surface area contributed by atoms with Crippen molar-refractivity contribution in [2.75, 3.05) is 0 Å². The second kappa shape index (κ2) is 4.28. The zero-order valence-corrected chi connectivity index (χ0v) is 8.67. The van der Waals surface area contributed by atoms with Gasteiger partial charge in [-0.05, 0) is 25.5 Å². The molecule has 0 N–H and O–H groups in total. The molecule has 1 aliphatic rings. The lowest BCUT2D eigenvalue weighted by Crippen LogP contribution is -2.16. The fourth-order valence-electron chi connectivity index (χ4n) is 1.12. The van der Waals surface area contributed by atoms with E-state index in [-0.39, 0.29) is 0 Å². The Bertz CT molecular complexity index is 300. The minimum atomic E-state index is 0.483. The van der Waals surface area contributed by atoms with Crippen molar-refractivity contribution in [3.63, 3.8) is 0 Å². The second-order valence-electron chi connectivity index (χ2n) is 2.81. The minimum Gasteiger partial charge on any atom is -0.238 e. The first-order valence-corrected chi connectivity index (χ1v) is 4.61. The van der Waals surface area contributed by atoms with E-state index >= 15 is 0 Å². The van der Waals surface area contributed by atoms with Crippen molar-refractivity contribution in [1.82, 2.24) is 5.01 Å². The number of hydrogen-bond acceptors (Lipinski definition) is 2. The maximum Gasteiger partial charge on any atom is 0.150 e. The third kappa shape index (κ3) is 2.46. The monoisotopic (exact) mass is 196 g/mol. The third-order valence-electron chi connectivity index (χ3n) is 1.71. The molecule has 13 heavy (non-hydrogen) atoms. The number of halogens is 1. The molecule has 2 nitrogen and oxygen atoms in total. The summed E-state index contributed by atoms with van der Waals surface area (Å²) in [7, 11) is 0. The second-order valence-corrected chi connectivity index (χ2v) is 3.20. The summed E-state index contributed by atoms with van der Waals surface area (Å²) < 4.78 is 0. The Morgan fingerprint density at radius 3 is 3.00 bits per heavy atom. The first kappa shape index (κ1) is 10.1. The molecule has 0 aromatic rings. The Labute approximate surface area is 83.9 Å². The number of nitrogens with zero attached hydrogens (tertiary/aromatic N) is 2. The van der Waals surface area contributed by atoms with Crippen LogP contribution in [0.2, 0.25) is 0 Å². The molecule has 0 unspecified atom stereocenters. The van der Waals surface area contributed by atoms with Gasteiger partial charge in [0.2, 0.25) is 0 Å². The molecule has 0 spiro atoms. The van der Waals surface area contributed by atoms with Crippen molar-refractivity contribution in [3.05, 3.63) is 36.2 Å². The third-order valence-corrected chi connectivity index (χ3v) is 1.92. The van der Waals surface area contributed by atoms with Gasteiger partial charge in [0, 0.05) is 5.70 Å². The van der Waals surface area contributed by atoms with Gasteiger partial charge in [-0.3, -0.25) is 0 Å². The van der Waals surface area contributed by atoms with Crippen LogP contribution in [0.1, 0.15) is 20.3 Å². The van der Waals surface area contributed by atoms with Crippen molar-refractivity contribution in [2.45, 2.75) is 20.3 Å². The number of rotatable bonds is 2. The van der Waals surface area contributed by atoms with E-state index in [1.54, 1.807) is 11.1 Å². The van der Waals surface area contributed by atoms with Gasteiger partial charge in [-0.15, -0.1) is 0 Å². The molecule has 0 aromatic heterocycles. The molecule has 0 aliphatic carbocycles. The summed E-state index contributed by atoms with van der Waals surface area (Å²) in [5, 5.41) is 6.37. The summed E-state index contributed by atoms with van der Waals surface area (Å²) in [4.78, 5) is 0. The summed E-state index contributed by atoms with van der Waals surface area (Å²) >= 11 is 5.77. The number of allylic oxidation sites excluding steroid dienone is 4. The van der Waals surface area contributed by atoms with Crippen LogP contribution in [0.4, 0.5) is 0 Å². The quantitative estimate of drug-likeness (QED) is 0.662. The maximum atomic E-state index is 5.77. The molecule has 1 aliphatic heterocycles. The van der Waals surface area contributed by atoms with Gasteiger partial charge in [0.25, 0.3) is 0 Å². The van der Waals surface area contributed by atoms with E-state index in [2.05, 4.69) is 24.7 Å². The van der Waals surface area contributed by atoms with Crippen LogP contribution in [0.25, 0.3) is 0 Å². The van der Waals surface area contributed by atoms with Crippen molar-refractivity contribution in [1.29, 1.82) is 0 Å². The molecular weight excluding hydrogens is 184 g/mol. The highest BCUT2D eigenvalue weighted by Crippen LogP contribution is 2.18. The van der Waals surface area contributed by atoms with E-state index < -0.39 is 0 Å². The van der Waals surface area contributed by atoms with Crippen LogP contribution in [0, 0.1) is 0 Å². The number of hydrazone groups is 1. The number of hydrogen-bond donors (Lipinski definition) is 0. The first-order valence-electron chi connectivity index (χ1n) is 4.23. The minimum absolute atomic E-state index is 0.483. The molecular formula is C10H13ClN2. The van der Waals surface area contributed by atoms with Gasteiger partial charge in [0.1, 0.15) is 5.17 Å². The van der Waals surface area contributed by atoms with E-state index in [0.29, 0.717) is 5.17 Å². The molecule has 0 bridgehead atoms. The molecule has 0 saturated heterocycles. The van der Waals surface area contributed by atoms with Crippen LogP contribution >= 0.6 is 11.6 Å². The average molecular weight is 197 g/mol. The SMILES string of the molecule is C=C1C=CC(Cl)=NN1C(C)=CCC. The standard InChI is InChI=1S/C10H13ClN2/c1-4-5-8(2)13-9(3)6-7-10(11)12-13/h5-7H,3-4H2,1-2H3. The summed E-state index contributed by atoms with van der Waals surface area (Å²) in [5.74, 6) is 0. The highest BCUT2D eigenvalue weighted by Gasteiger charge is 2.10. The Morgan fingerprint density at radius 1 is 1.69 bits per heavy atom. The van der Waals surface area contributed by atoms with E-state index in [9.17, 15) is 0 Å². The van der Waals surface area contributed by atoms with Crippen molar-refractivity contribution >= 4 is 16.8 Å². The lowest BCUT2D eigenvalue weighted by atomic mass is 10.3. The highest BCUT2D eigenvalue weighted by molar-refractivity contribution is 6.68. The smallest absolute Gasteiger partial charge is 0.150 e. The van der Waals surface area contributed by atoms with E-state index in [1.807, 2.05) is 13.0 Å². The van der Waals surface area contributed by atoms with Gasteiger partial charge in [0.05, 0.1) is 5.70 Å². The molecule has 0 fully saturated rings. The average Bonchev–Trinajstić information content (AvgIpc) is 2.09. The van der Waals surface area contributed by atoms with Crippen molar-refractivity contribution in [3.8, 4) is 0 Å².